The topological polar surface area (TPSA) is 112 Å². The zero-order valence-corrected chi connectivity index (χ0v) is 22.9. The molecule has 0 unspecified atom stereocenters. The Balaban J connectivity index is 1.47. The van der Waals surface area contributed by atoms with E-state index in [1.54, 1.807) is 18.0 Å². The summed E-state index contributed by atoms with van der Waals surface area (Å²) in [5, 5.41) is 21.0. The standard InChI is InChI=1S/C31H33N5O4/c1-20-4-6-21(7-5-20)29(28-25-18-22(31(39)40)8-13-26(25)33-30(28)38)32-23-9-11-24(12-10-23)35(3)27(37)19-36-16-14-34(2)15-17-36/h4-13,18,33,38H,14-17,19H2,1-3H3,(H,39,40). The lowest BCUT2D eigenvalue weighted by Gasteiger charge is -2.32. The van der Waals surface area contributed by atoms with Crippen LogP contribution in [-0.2, 0) is 4.79 Å². The highest BCUT2D eigenvalue weighted by atomic mass is 16.4. The smallest absolute Gasteiger partial charge is 0.335 e. The summed E-state index contributed by atoms with van der Waals surface area (Å²) in [5.41, 5.74) is 4.87. The van der Waals surface area contributed by atoms with E-state index in [1.165, 1.54) is 12.1 Å². The molecule has 1 fully saturated rings. The van der Waals surface area contributed by atoms with Gasteiger partial charge in [-0.15, -0.1) is 0 Å². The van der Waals surface area contributed by atoms with Gasteiger partial charge in [-0.1, -0.05) is 29.8 Å². The third-order valence-corrected chi connectivity index (χ3v) is 7.39. The van der Waals surface area contributed by atoms with Crippen LogP contribution in [0.5, 0.6) is 5.88 Å². The maximum absolute atomic E-state index is 12.9. The number of piperazine rings is 1. The summed E-state index contributed by atoms with van der Waals surface area (Å²) in [6, 6.07) is 19.8. The number of amides is 1. The fraction of sp³-hybridized carbons (Fsp3) is 0.258. The van der Waals surface area contributed by atoms with Gasteiger partial charge in [0.15, 0.2) is 5.88 Å². The van der Waals surface area contributed by atoms with Crippen molar-refractivity contribution in [2.45, 2.75) is 6.92 Å². The predicted octanol–water partition coefficient (Wildman–Crippen LogP) is 4.26. The van der Waals surface area contributed by atoms with Gasteiger partial charge in [-0.05, 0) is 56.4 Å². The number of anilines is 1. The van der Waals surface area contributed by atoms with Gasteiger partial charge in [0, 0.05) is 55.4 Å². The molecule has 0 atom stereocenters. The molecule has 40 heavy (non-hydrogen) atoms. The highest BCUT2D eigenvalue weighted by Gasteiger charge is 2.21. The average molecular weight is 540 g/mol. The Hall–Kier alpha value is -4.47. The number of hydrogen-bond donors (Lipinski definition) is 3. The van der Waals surface area contributed by atoms with Gasteiger partial charge < -0.3 is 25.0 Å². The second kappa shape index (κ2) is 11.3. The number of aromatic nitrogens is 1. The van der Waals surface area contributed by atoms with E-state index in [-0.39, 0.29) is 17.4 Å². The first-order chi connectivity index (χ1) is 19.2. The minimum atomic E-state index is -1.05. The summed E-state index contributed by atoms with van der Waals surface area (Å²) < 4.78 is 0. The van der Waals surface area contributed by atoms with Gasteiger partial charge in [0.1, 0.15) is 0 Å². The first kappa shape index (κ1) is 27.1. The number of carbonyl (C=O) groups excluding carboxylic acids is 1. The quantitative estimate of drug-likeness (QED) is 0.303. The first-order valence-corrected chi connectivity index (χ1v) is 13.2. The zero-order chi connectivity index (χ0) is 28.4. The molecular formula is C31H33N5O4. The number of hydrogen-bond acceptors (Lipinski definition) is 6. The number of carboxylic acids is 1. The monoisotopic (exact) mass is 539 g/mol. The van der Waals surface area contributed by atoms with Gasteiger partial charge in [0.05, 0.1) is 29.1 Å². The van der Waals surface area contributed by atoms with E-state index in [4.69, 9.17) is 4.99 Å². The van der Waals surface area contributed by atoms with Crippen molar-refractivity contribution in [2.75, 3.05) is 51.7 Å². The Labute approximate surface area is 233 Å². The van der Waals surface area contributed by atoms with Crippen molar-refractivity contribution >= 4 is 39.9 Å². The molecule has 0 radical (unpaired) electrons. The van der Waals surface area contributed by atoms with Crippen LogP contribution in [0.15, 0.2) is 71.7 Å². The lowest BCUT2D eigenvalue weighted by atomic mass is 9.99. The van der Waals surface area contributed by atoms with Crippen molar-refractivity contribution in [1.82, 2.24) is 14.8 Å². The van der Waals surface area contributed by atoms with Crippen molar-refractivity contribution in [3.05, 3.63) is 89.0 Å². The number of aromatic amines is 1. The van der Waals surface area contributed by atoms with E-state index in [9.17, 15) is 19.8 Å². The lowest BCUT2D eigenvalue weighted by Crippen LogP contribution is -2.48. The Morgan fingerprint density at radius 1 is 0.950 bits per heavy atom. The largest absolute Gasteiger partial charge is 0.494 e. The van der Waals surface area contributed by atoms with Crippen LogP contribution in [-0.4, -0.2) is 89.4 Å². The normalized spacial score (nSPS) is 14.9. The summed E-state index contributed by atoms with van der Waals surface area (Å²) in [7, 11) is 3.87. The van der Waals surface area contributed by atoms with Crippen LogP contribution in [0.2, 0.25) is 0 Å². The summed E-state index contributed by atoms with van der Waals surface area (Å²) in [6.07, 6.45) is 0. The molecule has 0 aliphatic carbocycles. The molecule has 206 valence electrons. The Kier molecular flexibility index (Phi) is 7.68. The molecular weight excluding hydrogens is 506 g/mol. The fourth-order valence-corrected chi connectivity index (χ4v) is 4.85. The number of H-pyrrole nitrogens is 1. The van der Waals surface area contributed by atoms with E-state index in [0.29, 0.717) is 34.4 Å². The van der Waals surface area contributed by atoms with Crippen molar-refractivity contribution in [2.24, 2.45) is 4.99 Å². The summed E-state index contributed by atoms with van der Waals surface area (Å²) >= 11 is 0. The molecule has 9 nitrogen and oxygen atoms in total. The number of benzene rings is 3. The number of fused-ring (bicyclic) bond motifs is 1. The van der Waals surface area contributed by atoms with E-state index >= 15 is 0 Å². The average Bonchev–Trinajstić information content (AvgIpc) is 3.28. The van der Waals surface area contributed by atoms with Gasteiger partial charge >= 0.3 is 5.97 Å². The molecule has 9 heteroatoms. The van der Waals surface area contributed by atoms with Gasteiger partial charge in [0.2, 0.25) is 5.91 Å². The minimum Gasteiger partial charge on any atom is -0.494 e. The predicted molar refractivity (Wildman–Crippen MR) is 157 cm³/mol. The number of aliphatic imine (C=N–C) groups is 1. The molecule has 0 spiro atoms. The van der Waals surface area contributed by atoms with Crippen LogP contribution in [0.25, 0.3) is 10.9 Å². The number of rotatable bonds is 7. The molecule has 1 amide bonds. The molecule has 1 aliphatic rings. The number of nitrogens with zero attached hydrogens (tertiary/aromatic N) is 4. The number of carboxylic acid groups (broad SMARTS) is 1. The number of carbonyl (C=O) groups is 2. The van der Waals surface area contributed by atoms with Crippen LogP contribution in [0.4, 0.5) is 11.4 Å². The highest BCUT2D eigenvalue weighted by molar-refractivity contribution is 6.22. The number of nitrogens with one attached hydrogen (secondary N) is 1. The first-order valence-electron chi connectivity index (χ1n) is 13.2. The number of likely N-dealkylation sites (N-methyl/N-ethyl adjacent to an activating group) is 2. The molecule has 1 aliphatic heterocycles. The molecule has 3 aromatic carbocycles. The van der Waals surface area contributed by atoms with Crippen LogP contribution in [0.3, 0.4) is 0 Å². The number of aromatic carboxylic acids is 1. The minimum absolute atomic E-state index is 0.0269. The summed E-state index contributed by atoms with van der Waals surface area (Å²) in [5.74, 6) is -1.12. The molecule has 0 bridgehead atoms. The van der Waals surface area contributed by atoms with E-state index in [1.807, 2.05) is 55.5 Å². The molecule has 4 aromatic rings. The second-order valence-corrected chi connectivity index (χ2v) is 10.3. The van der Waals surface area contributed by atoms with Gasteiger partial charge in [0.25, 0.3) is 0 Å². The van der Waals surface area contributed by atoms with E-state index in [0.717, 1.165) is 43.0 Å². The maximum Gasteiger partial charge on any atom is 0.335 e. The molecule has 5 rings (SSSR count). The van der Waals surface area contributed by atoms with Gasteiger partial charge in [-0.25, -0.2) is 9.79 Å². The number of aryl methyl sites for hydroxylation is 1. The third-order valence-electron chi connectivity index (χ3n) is 7.39. The number of aromatic hydroxyl groups is 1. The van der Waals surface area contributed by atoms with Crippen LogP contribution in [0.1, 0.15) is 27.0 Å². The molecule has 0 saturated carbocycles. The second-order valence-electron chi connectivity index (χ2n) is 10.3. The maximum atomic E-state index is 12.9. The van der Waals surface area contributed by atoms with Crippen molar-refractivity contribution in [3.8, 4) is 5.88 Å². The molecule has 1 aromatic heterocycles. The van der Waals surface area contributed by atoms with Crippen molar-refractivity contribution < 1.29 is 19.8 Å². The Bertz CT molecular complexity index is 1570. The van der Waals surface area contributed by atoms with Crippen LogP contribution >= 0.6 is 0 Å². The zero-order valence-electron chi connectivity index (χ0n) is 22.9. The molecule has 1 saturated heterocycles. The van der Waals surface area contributed by atoms with Crippen LogP contribution < -0.4 is 4.90 Å². The SMILES string of the molecule is Cc1ccc(C(=Nc2ccc(N(C)C(=O)CN3CCN(C)CC3)cc2)c2c(O)[nH]c3ccc(C(=O)O)cc23)cc1. The van der Waals surface area contributed by atoms with E-state index < -0.39 is 5.97 Å². The fourth-order valence-electron chi connectivity index (χ4n) is 4.85. The molecule has 3 N–H and O–H groups in total. The van der Waals surface area contributed by atoms with Crippen LogP contribution in [0, 0.1) is 6.92 Å². The van der Waals surface area contributed by atoms with Crippen molar-refractivity contribution in [1.29, 1.82) is 0 Å². The lowest BCUT2D eigenvalue weighted by molar-refractivity contribution is -0.119. The summed E-state index contributed by atoms with van der Waals surface area (Å²) in [4.78, 5) is 38.5. The third kappa shape index (κ3) is 5.75. The highest BCUT2D eigenvalue weighted by Crippen LogP contribution is 2.32. The molecule has 2 heterocycles. The van der Waals surface area contributed by atoms with Gasteiger partial charge in [-0.3, -0.25) is 9.69 Å². The Morgan fingerprint density at radius 3 is 2.25 bits per heavy atom. The Morgan fingerprint density at radius 2 is 1.60 bits per heavy atom. The summed E-state index contributed by atoms with van der Waals surface area (Å²) in [6.45, 7) is 6.02. The van der Waals surface area contributed by atoms with E-state index in [2.05, 4.69) is 21.8 Å². The van der Waals surface area contributed by atoms with Crippen molar-refractivity contribution in [3.63, 3.8) is 0 Å². The van der Waals surface area contributed by atoms with Gasteiger partial charge in [-0.2, -0.15) is 0 Å².